The van der Waals surface area contributed by atoms with Gasteiger partial charge in [-0.15, -0.1) is 11.3 Å². The lowest BCUT2D eigenvalue weighted by Crippen LogP contribution is -2.43. The fraction of sp³-hybridized carbons (Fsp3) is 0.562. The maximum atomic E-state index is 12.2. The number of carbonyl (C=O) groups is 3. The molecule has 1 unspecified atom stereocenters. The van der Waals surface area contributed by atoms with E-state index in [0.29, 0.717) is 12.8 Å². The summed E-state index contributed by atoms with van der Waals surface area (Å²) in [5.41, 5.74) is -0.942. The highest BCUT2D eigenvalue weighted by Crippen LogP contribution is 2.26. The Balaban J connectivity index is 2.69. The molecule has 0 bridgehead atoms. The summed E-state index contributed by atoms with van der Waals surface area (Å²) < 4.78 is 0. The average molecular weight is 340 g/mol. The highest BCUT2D eigenvalue weighted by Gasteiger charge is 2.35. The smallest absolute Gasteiger partial charge is 0.311 e. The summed E-state index contributed by atoms with van der Waals surface area (Å²) in [6.45, 7) is 5.10. The van der Waals surface area contributed by atoms with Crippen LogP contribution in [0, 0.1) is 5.41 Å². The van der Waals surface area contributed by atoms with Gasteiger partial charge in [-0.2, -0.15) is 0 Å². The molecule has 0 aromatic carbocycles. The second-order valence-corrected chi connectivity index (χ2v) is 6.52. The Labute approximate surface area is 140 Å². The molecule has 0 spiro atoms. The Bertz CT molecular complexity index is 538. The zero-order valence-electron chi connectivity index (χ0n) is 13.7. The van der Waals surface area contributed by atoms with Crippen molar-refractivity contribution in [3.63, 3.8) is 0 Å². The Morgan fingerprint density at radius 2 is 1.96 bits per heavy atom. The van der Waals surface area contributed by atoms with Crippen molar-refractivity contribution < 1.29 is 19.5 Å². The molecule has 1 heterocycles. The Kier molecular flexibility index (Phi) is 7.22. The second kappa shape index (κ2) is 8.67. The lowest BCUT2D eigenvalue weighted by Gasteiger charge is -2.27. The number of hydrogen-bond acceptors (Lipinski definition) is 4. The summed E-state index contributed by atoms with van der Waals surface area (Å²) in [6.07, 6.45) is 0.974. The SMILES string of the molecule is CCC(CC)(CNC(=O)CC(NC(C)=O)c1cccs1)C(=O)O. The summed E-state index contributed by atoms with van der Waals surface area (Å²) in [4.78, 5) is 35.8. The highest BCUT2D eigenvalue weighted by molar-refractivity contribution is 7.10. The first-order valence-electron chi connectivity index (χ1n) is 7.65. The monoisotopic (exact) mass is 340 g/mol. The van der Waals surface area contributed by atoms with Crippen LogP contribution in [0.2, 0.25) is 0 Å². The van der Waals surface area contributed by atoms with Crippen LogP contribution >= 0.6 is 11.3 Å². The van der Waals surface area contributed by atoms with Gasteiger partial charge < -0.3 is 15.7 Å². The van der Waals surface area contributed by atoms with E-state index in [2.05, 4.69) is 10.6 Å². The Morgan fingerprint density at radius 3 is 2.39 bits per heavy atom. The zero-order chi connectivity index (χ0) is 17.5. The van der Waals surface area contributed by atoms with E-state index in [4.69, 9.17) is 0 Å². The van der Waals surface area contributed by atoms with Crippen molar-refractivity contribution in [2.75, 3.05) is 6.54 Å². The molecule has 0 radical (unpaired) electrons. The number of hydrogen-bond donors (Lipinski definition) is 3. The molecule has 1 aromatic heterocycles. The van der Waals surface area contributed by atoms with E-state index in [9.17, 15) is 19.5 Å². The van der Waals surface area contributed by atoms with Crippen LogP contribution < -0.4 is 10.6 Å². The number of carboxylic acid groups (broad SMARTS) is 1. The third kappa shape index (κ3) is 5.35. The molecule has 7 heteroatoms. The number of rotatable bonds is 9. The van der Waals surface area contributed by atoms with Crippen LogP contribution in [0.15, 0.2) is 17.5 Å². The molecule has 0 saturated heterocycles. The molecule has 0 aliphatic rings. The third-order valence-electron chi connectivity index (χ3n) is 4.08. The zero-order valence-corrected chi connectivity index (χ0v) is 14.5. The van der Waals surface area contributed by atoms with Crippen molar-refractivity contribution in [1.29, 1.82) is 0 Å². The van der Waals surface area contributed by atoms with E-state index in [1.54, 1.807) is 13.8 Å². The summed E-state index contributed by atoms with van der Waals surface area (Å²) in [6, 6.07) is 3.32. The van der Waals surface area contributed by atoms with Gasteiger partial charge in [0, 0.05) is 18.3 Å². The number of carbonyl (C=O) groups excluding carboxylic acids is 2. The standard InChI is InChI=1S/C16H24N2O4S/c1-4-16(5-2,15(21)22)10-17-14(20)9-12(18-11(3)19)13-7-6-8-23-13/h6-8,12H,4-5,9-10H2,1-3H3,(H,17,20)(H,18,19)(H,21,22). The first kappa shape index (κ1) is 19.2. The average Bonchev–Trinajstić information content (AvgIpc) is 3.01. The molecule has 2 amide bonds. The second-order valence-electron chi connectivity index (χ2n) is 5.54. The molecular formula is C16H24N2O4S. The van der Waals surface area contributed by atoms with Crippen LogP contribution in [0.25, 0.3) is 0 Å². The maximum Gasteiger partial charge on any atom is 0.311 e. The van der Waals surface area contributed by atoms with E-state index in [1.807, 2.05) is 17.5 Å². The number of thiophene rings is 1. The van der Waals surface area contributed by atoms with E-state index in [0.717, 1.165) is 4.88 Å². The molecule has 23 heavy (non-hydrogen) atoms. The van der Waals surface area contributed by atoms with Gasteiger partial charge in [0.1, 0.15) is 0 Å². The number of carboxylic acids is 1. The van der Waals surface area contributed by atoms with Crippen molar-refractivity contribution in [1.82, 2.24) is 10.6 Å². The summed E-state index contributed by atoms with van der Waals surface area (Å²) in [7, 11) is 0. The van der Waals surface area contributed by atoms with Crippen LogP contribution in [0.3, 0.4) is 0 Å². The highest BCUT2D eigenvalue weighted by atomic mass is 32.1. The maximum absolute atomic E-state index is 12.2. The van der Waals surface area contributed by atoms with Gasteiger partial charge >= 0.3 is 5.97 Å². The molecule has 1 rings (SSSR count). The van der Waals surface area contributed by atoms with Gasteiger partial charge in [-0.1, -0.05) is 19.9 Å². The minimum absolute atomic E-state index is 0.0865. The van der Waals surface area contributed by atoms with Crippen LogP contribution in [-0.2, 0) is 14.4 Å². The lowest BCUT2D eigenvalue weighted by molar-refractivity contribution is -0.149. The van der Waals surface area contributed by atoms with Crippen molar-refractivity contribution in [3.05, 3.63) is 22.4 Å². The normalized spacial score (nSPS) is 12.5. The van der Waals surface area contributed by atoms with Crippen molar-refractivity contribution in [2.45, 2.75) is 46.1 Å². The summed E-state index contributed by atoms with van der Waals surface area (Å²) in [5.74, 6) is -1.39. The molecular weight excluding hydrogens is 316 g/mol. The van der Waals surface area contributed by atoms with E-state index >= 15 is 0 Å². The van der Waals surface area contributed by atoms with Gasteiger partial charge in [0.05, 0.1) is 17.9 Å². The van der Waals surface area contributed by atoms with Gasteiger partial charge in [0.15, 0.2) is 0 Å². The van der Waals surface area contributed by atoms with Gasteiger partial charge in [0.25, 0.3) is 0 Å². The van der Waals surface area contributed by atoms with Gasteiger partial charge in [-0.05, 0) is 24.3 Å². The van der Waals surface area contributed by atoms with Gasteiger partial charge in [0.2, 0.25) is 11.8 Å². The van der Waals surface area contributed by atoms with E-state index in [-0.39, 0.29) is 24.8 Å². The molecule has 1 aromatic rings. The first-order valence-corrected chi connectivity index (χ1v) is 8.53. The largest absolute Gasteiger partial charge is 0.481 e. The summed E-state index contributed by atoms with van der Waals surface area (Å²) in [5, 5.41) is 16.7. The minimum atomic E-state index is -0.942. The van der Waals surface area contributed by atoms with E-state index in [1.165, 1.54) is 18.3 Å². The molecule has 6 nitrogen and oxygen atoms in total. The molecule has 3 N–H and O–H groups in total. The molecule has 0 aliphatic heterocycles. The molecule has 1 atom stereocenters. The fourth-order valence-corrected chi connectivity index (χ4v) is 3.14. The molecule has 0 fully saturated rings. The predicted octanol–water partition coefficient (Wildman–Crippen LogP) is 2.32. The third-order valence-corrected chi connectivity index (χ3v) is 5.07. The topological polar surface area (TPSA) is 95.5 Å². The molecule has 128 valence electrons. The van der Waals surface area contributed by atoms with Crippen LogP contribution in [0.1, 0.15) is 51.0 Å². The minimum Gasteiger partial charge on any atom is -0.481 e. The fourth-order valence-electron chi connectivity index (χ4n) is 2.36. The Morgan fingerprint density at radius 1 is 1.30 bits per heavy atom. The van der Waals surface area contributed by atoms with Gasteiger partial charge in [-0.25, -0.2) is 0 Å². The predicted molar refractivity (Wildman–Crippen MR) is 89.2 cm³/mol. The quantitative estimate of drug-likeness (QED) is 0.643. The number of aliphatic carboxylic acids is 1. The van der Waals surface area contributed by atoms with Crippen molar-refractivity contribution in [2.24, 2.45) is 5.41 Å². The van der Waals surface area contributed by atoms with Crippen molar-refractivity contribution >= 4 is 29.1 Å². The first-order chi connectivity index (χ1) is 10.8. The summed E-state index contributed by atoms with van der Waals surface area (Å²) >= 11 is 1.46. The Hall–Kier alpha value is -1.89. The number of amides is 2. The van der Waals surface area contributed by atoms with Gasteiger partial charge in [-0.3, -0.25) is 14.4 Å². The molecule has 0 saturated carbocycles. The lowest BCUT2D eigenvalue weighted by atomic mass is 9.82. The molecule has 0 aliphatic carbocycles. The van der Waals surface area contributed by atoms with Crippen LogP contribution in [0.5, 0.6) is 0 Å². The number of nitrogens with one attached hydrogen (secondary N) is 2. The van der Waals surface area contributed by atoms with Crippen LogP contribution in [-0.4, -0.2) is 29.4 Å². The van der Waals surface area contributed by atoms with Crippen molar-refractivity contribution in [3.8, 4) is 0 Å². The van der Waals surface area contributed by atoms with E-state index < -0.39 is 17.4 Å². The van der Waals surface area contributed by atoms with Crippen LogP contribution in [0.4, 0.5) is 0 Å².